The van der Waals surface area contributed by atoms with Gasteiger partial charge in [-0.25, -0.2) is 0 Å². The minimum Gasteiger partial charge on any atom is -0.481 e. The van der Waals surface area contributed by atoms with E-state index < -0.39 is 5.97 Å². The summed E-state index contributed by atoms with van der Waals surface area (Å²) in [4.78, 5) is 23.2. The molecule has 0 unspecified atom stereocenters. The zero-order valence-corrected chi connectivity index (χ0v) is 10.8. The summed E-state index contributed by atoms with van der Waals surface area (Å²) in [5, 5.41) is 8.55. The van der Waals surface area contributed by atoms with Gasteiger partial charge < -0.3 is 14.7 Å². The first-order chi connectivity index (χ1) is 8.07. The van der Waals surface area contributed by atoms with Crippen LogP contribution in [0.3, 0.4) is 0 Å². The molecule has 0 radical (unpaired) electrons. The van der Waals surface area contributed by atoms with E-state index in [4.69, 9.17) is 9.84 Å². The van der Waals surface area contributed by atoms with E-state index in [0.717, 1.165) is 25.9 Å². The molecule has 17 heavy (non-hydrogen) atoms. The number of carbonyl (C=O) groups excluding carboxylic acids is 1. The van der Waals surface area contributed by atoms with Crippen molar-refractivity contribution in [1.29, 1.82) is 0 Å². The van der Waals surface area contributed by atoms with Crippen LogP contribution in [0, 0.1) is 0 Å². The Balaban J connectivity index is 3.63. The summed E-state index contributed by atoms with van der Waals surface area (Å²) >= 11 is 0. The number of aliphatic carboxylic acids is 1. The number of ether oxygens (including phenoxy) is 1. The van der Waals surface area contributed by atoms with Gasteiger partial charge in [0, 0.05) is 33.2 Å². The topological polar surface area (TPSA) is 66.8 Å². The molecular weight excluding hydrogens is 222 g/mol. The number of unbranched alkanes of at least 4 members (excludes halogenated alkanes) is 1. The maximum absolute atomic E-state index is 11.2. The lowest BCUT2D eigenvalue weighted by Crippen LogP contribution is -2.32. The lowest BCUT2D eigenvalue weighted by molar-refractivity contribution is -0.138. The summed E-state index contributed by atoms with van der Waals surface area (Å²) in [6, 6.07) is 0. The summed E-state index contributed by atoms with van der Waals surface area (Å²) in [7, 11) is 0. The molecule has 0 atom stereocenters. The molecule has 100 valence electrons. The Morgan fingerprint density at radius 1 is 1.18 bits per heavy atom. The number of carboxylic acids is 1. The first-order valence-corrected chi connectivity index (χ1v) is 6.13. The van der Waals surface area contributed by atoms with Gasteiger partial charge in [-0.3, -0.25) is 9.59 Å². The highest BCUT2D eigenvalue weighted by Crippen LogP contribution is 1.97. The van der Waals surface area contributed by atoms with E-state index in [0.29, 0.717) is 13.2 Å². The normalized spacial score (nSPS) is 10.2. The van der Waals surface area contributed by atoms with Crippen LogP contribution in [-0.4, -0.2) is 48.2 Å². The highest BCUT2D eigenvalue weighted by molar-refractivity contribution is 5.74. The third-order valence-corrected chi connectivity index (χ3v) is 2.40. The Morgan fingerprint density at radius 2 is 1.82 bits per heavy atom. The predicted octanol–water partition coefficient (Wildman–Crippen LogP) is 1.52. The molecule has 0 heterocycles. The molecule has 5 nitrogen and oxygen atoms in total. The van der Waals surface area contributed by atoms with Gasteiger partial charge in [0.1, 0.15) is 0 Å². The summed E-state index contributed by atoms with van der Waals surface area (Å²) < 4.78 is 5.38. The summed E-state index contributed by atoms with van der Waals surface area (Å²) in [6.45, 7) is 5.78. The van der Waals surface area contributed by atoms with E-state index in [-0.39, 0.29) is 18.9 Å². The first kappa shape index (κ1) is 15.9. The van der Waals surface area contributed by atoms with Gasteiger partial charge in [0.15, 0.2) is 0 Å². The van der Waals surface area contributed by atoms with Gasteiger partial charge >= 0.3 is 5.97 Å². The van der Waals surface area contributed by atoms with Crippen molar-refractivity contribution in [3.05, 3.63) is 0 Å². The van der Waals surface area contributed by atoms with Crippen LogP contribution in [0.4, 0.5) is 0 Å². The second-order valence-electron chi connectivity index (χ2n) is 3.97. The van der Waals surface area contributed by atoms with Crippen LogP contribution in [0.1, 0.15) is 39.5 Å². The van der Waals surface area contributed by atoms with E-state index in [1.54, 1.807) is 4.90 Å². The second-order valence-corrected chi connectivity index (χ2v) is 3.97. The fourth-order valence-electron chi connectivity index (χ4n) is 1.36. The Hall–Kier alpha value is -1.10. The SMILES string of the molecule is CCCCOCCCN(CCC(=O)O)C(C)=O. The van der Waals surface area contributed by atoms with Gasteiger partial charge in [-0.2, -0.15) is 0 Å². The minimum absolute atomic E-state index is 0.00370. The van der Waals surface area contributed by atoms with Crippen molar-refractivity contribution in [2.75, 3.05) is 26.3 Å². The largest absolute Gasteiger partial charge is 0.481 e. The number of nitrogens with zero attached hydrogens (tertiary/aromatic N) is 1. The average molecular weight is 245 g/mol. The maximum atomic E-state index is 11.2. The molecule has 0 saturated heterocycles. The van der Waals surface area contributed by atoms with Crippen molar-refractivity contribution in [2.45, 2.75) is 39.5 Å². The molecule has 0 saturated carbocycles. The van der Waals surface area contributed by atoms with Crippen molar-refractivity contribution in [1.82, 2.24) is 4.90 Å². The number of carbonyl (C=O) groups is 2. The lowest BCUT2D eigenvalue weighted by Gasteiger charge is -2.19. The van der Waals surface area contributed by atoms with E-state index in [1.165, 1.54) is 6.92 Å². The monoisotopic (exact) mass is 245 g/mol. The van der Waals surface area contributed by atoms with Crippen molar-refractivity contribution < 1.29 is 19.4 Å². The zero-order chi connectivity index (χ0) is 13.1. The molecule has 0 bridgehead atoms. The fraction of sp³-hybridized carbons (Fsp3) is 0.833. The Kier molecular flexibility index (Phi) is 9.43. The highest BCUT2D eigenvalue weighted by atomic mass is 16.5. The van der Waals surface area contributed by atoms with E-state index in [1.807, 2.05) is 0 Å². The molecule has 0 aromatic heterocycles. The molecule has 1 N–H and O–H groups in total. The smallest absolute Gasteiger partial charge is 0.305 e. The third-order valence-electron chi connectivity index (χ3n) is 2.40. The van der Waals surface area contributed by atoms with Gasteiger partial charge in [0.05, 0.1) is 6.42 Å². The predicted molar refractivity (Wildman–Crippen MR) is 64.9 cm³/mol. The van der Waals surface area contributed by atoms with Gasteiger partial charge in [0.25, 0.3) is 0 Å². The van der Waals surface area contributed by atoms with E-state index in [2.05, 4.69) is 6.92 Å². The molecule has 0 aromatic carbocycles. The molecule has 0 aliphatic rings. The van der Waals surface area contributed by atoms with Crippen LogP contribution in [0.2, 0.25) is 0 Å². The molecule has 0 aliphatic carbocycles. The number of amides is 1. The molecule has 0 aromatic rings. The second kappa shape index (κ2) is 10.1. The number of hydrogen-bond donors (Lipinski definition) is 1. The molecular formula is C12H23NO4. The first-order valence-electron chi connectivity index (χ1n) is 6.13. The summed E-state index contributed by atoms with van der Waals surface area (Å²) in [5.74, 6) is -0.963. The van der Waals surface area contributed by atoms with Crippen molar-refractivity contribution >= 4 is 11.9 Å². The van der Waals surface area contributed by atoms with Crippen LogP contribution in [0.5, 0.6) is 0 Å². The maximum Gasteiger partial charge on any atom is 0.305 e. The molecule has 5 heteroatoms. The van der Waals surface area contributed by atoms with Crippen LogP contribution >= 0.6 is 0 Å². The molecule has 1 amide bonds. The van der Waals surface area contributed by atoms with Crippen molar-refractivity contribution in [3.63, 3.8) is 0 Å². The van der Waals surface area contributed by atoms with Crippen molar-refractivity contribution in [3.8, 4) is 0 Å². The number of hydrogen-bond acceptors (Lipinski definition) is 3. The minimum atomic E-state index is -0.879. The fourth-order valence-corrected chi connectivity index (χ4v) is 1.36. The Morgan fingerprint density at radius 3 is 2.35 bits per heavy atom. The van der Waals surface area contributed by atoms with Gasteiger partial charge in [-0.1, -0.05) is 13.3 Å². The van der Waals surface area contributed by atoms with E-state index in [9.17, 15) is 9.59 Å². The Bertz CT molecular complexity index is 231. The summed E-state index contributed by atoms with van der Waals surface area (Å²) in [5.41, 5.74) is 0. The van der Waals surface area contributed by atoms with E-state index >= 15 is 0 Å². The lowest BCUT2D eigenvalue weighted by atomic mass is 10.3. The number of carboxylic acid groups (broad SMARTS) is 1. The van der Waals surface area contributed by atoms with Crippen LogP contribution in [-0.2, 0) is 14.3 Å². The van der Waals surface area contributed by atoms with Crippen LogP contribution in [0.25, 0.3) is 0 Å². The van der Waals surface area contributed by atoms with Gasteiger partial charge in [-0.05, 0) is 12.8 Å². The quantitative estimate of drug-likeness (QED) is 0.592. The number of rotatable bonds is 10. The average Bonchev–Trinajstić information content (AvgIpc) is 2.26. The molecule has 0 spiro atoms. The van der Waals surface area contributed by atoms with Crippen LogP contribution < -0.4 is 0 Å². The van der Waals surface area contributed by atoms with Crippen LogP contribution in [0.15, 0.2) is 0 Å². The van der Waals surface area contributed by atoms with Gasteiger partial charge in [0.2, 0.25) is 5.91 Å². The third kappa shape index (κ3) is 9.81. The Labute approximate surface area is 103 Å². The zero-order valence-electron chi connectivity index (χ0n) is 10.8. The molecule has 0 rings (SSSR count). The molecule has 0 aliphatic heterocycles. The molecule has 0 fully saturated rings. The van der Waals surface area contributed by atoms with Crippen molar-refractivity contribution in [2.24, 2.45) is 0 Å². The standard InChI is InChI=1S/C12H23NO4/c1-3-4-9-17-10-5-7-13(11(2)14)8-6-12(15)16/h3-10H2,1-2H3,(H,15,16). The van der Waals surface area contributed by atoms with Gasteiger partial charge in [-0.15, -0.1) is 0 Å². The highest BCUT2D eigenvalue weighted by Gasteiger charge is 2.09. The summed E-state index contributed by atoms with van der Waals surface area (Å²) in [6.07, 6.45) is 2.91.